The molecule has 1 fully saturated rings. The number of rotatable bonds is 4. The fourth-order valence-electron chi connectivity index (χ4n) is 3.60. The molecule has 0 saturated carbocycles. The van der Waals surface area contributed by atoms with Crippen molar-refractivity contribution in [1.29, 1.82) is 5.26 Å². The van der Waals surface area contributed by atoms with Crippen molar-refractivity contribution < 1.29 is 9.53 Å². The number of pyridine rings is 2. The predicted octanol–water partition coefficient (Wildman–Crippen LogP) is 3.30. The Labute approximate surface area is 168 Å². The van der Waals surface area contributed by atoms with Crippen molar-refractivity contribution in [3.05, 3.63) is 48.3 Å². The average molecular weight is 390 g/mol. The number of piperidine rings is 1. The minimum Gasteiger partial charge on any atom is -0.450 e. The molecule has 8 heteroatoms. The van der Waals surface area contributed by atoms with Crippen molar-refractivity contribution in [3.8, 4) is 17.3 Å². The summed E-state index contributed by atoms with van der Waals surface area (Å²) < 4.78 is 6.85. The molecule has 3 aromatic heterocycles. The van der Waals surface area contributed by atoms with Crippen LogP contribution in [0.5, 0.6) is 0 Å². The van der Waals surface area contributed by atoms with Gasteiger partial charge in [-0.05, 0) is 44.0 Å². The van der Waals surface area contributed by atoms with Crippen LogP contribution in [-0.4, -0.2) is 51.3 Å². The van der Waals surface area contributed by atoms with Crippen LogP contribution in [-0.2, 0) is 4.74 Å². The van der Waals surface area contributed by atoms with Crippen LogP contribution in [0.4, 0.5) is 10.6 Å². The van der Waals surface area contributed by atoms with Gasteiger partial charge in [-0.25, -0.2) is 14.3 Å². The second-order valence-electron chi connectivity index (χ2n) is 6.95. The largest absolute Gasteiger partial charge is 0.450 e. The van der Waals surface area contributed by atoms with Gasteiger partial charge in [0.15, 0.2) is 0 Å². The number of nitrogens with zero attached hydrogens (tertiary/aromatic N) is 5. The molecule has 0 radical (unpaired) electrons. The maximum atomic E-state index is 12.0. The number of aromatic nitrogens is 3. The summed E-state index contributed by atoms with van der Waals surface area (Å²) in [6, 6.07) is 11.6. The molecule has 0 aliphatic carbocycles. The van der Waals surface area contributed by atoms with Crippen molar-refractivity contribution in [3.63, 3.8) is 0 Å². The van der Waals surface area contributed by atoms with Gasteiger partial charge in [-0.1, -0.05) is 6.07 Å². The number of hydrogen-bond donors (Lipinski definition) is 1. The van der Waals surface area contributed by atoms with Crippen molar-refractivity contribution in [2.75, 3.05) is 25.0 Å². The van der Waals surface area contributed by atoms with Crippen LogP contribution in [0.2, 0.25) is 0 Å². The molecule has 3 aromatic rings. The first-order valence-electron chi connectivity index (χ1n) is 9.71. The van der Waals surface area contributed by atoms with E-state index in [2.05, 4.69) is 16.5 Å². The van der Waals surface area contributed by atoms with Gasteiger partial charge in [0.05, 0.1) is 35.6 Å². The molecule has 1 N–H and O–H groups in total. The summed E-state index contributed by atoms with van der Waals surface area (Å²) in [5, 5.41) is 17.0. The zero-order valence-electron chi connectivity index (χ0n) is 16.2. The van der Waals surface area contributed by atoms with Crippen LogP contribution < -0.4 is 5.32 Å². The highest BCUT2D eigenvalue weighted by molar-refractivity contribution is 5.79. The lowest BCUT2D eigenvalue weighted by Crippen LogP contribution is -2.45. The minimum atomic E-state index is -0.264. The zero-order valence-corrected chi connectivity index (χ0v) is 16.2. The Bertz CT molecular complexity index is 1070. The van der Waals surface area contributed by atoms with Crippen LogP contribution in [0.3, 0.4) is 0 Å². The maximum Gasteiger partial charge on any atom is 0.409 e. The normalized spacial score (nSPS) is 16.4. The number of nitrogens with one attached hydrogen (secondary N) is 1. The molecule has 4 heterocycles. The van der Waals surface area contributed by atoms with Gasteiger partial charge in [-0.2, -0.15) is 10.4 Å². The van der Waals surface area contributed by atoms with E-state index in [4.69, 9.17) is 9.72 Å². The highest BCUT2D eigenvalue weighted by Gasteiger charge is 2.24. The van der Waals surface area contributed by atoms with Crippen LogP contribution in [0.15, 0.2) is 42.7 Å². The molecule has 0 bridgehead atoms. The van der Waals surface area contributed by atoms with E-state index >= 15 is 0 Å². The minimum absolute atomic E-state index is 0.116. The quantitative estimate of drug-likeness (QED) is 0.734. The Morgan fingerprint density at radius 3 is 3.14 bits per heavy atom. The van der Waals surface area contributed by atoms with E-state index in [0.717, 1.165) is 35.4 Å². The molecule has 0 spiro atoms. The van der Waals surface area contributed by atoms with E-state index in [-0.39, 0.29) is 12.1 Å². The lowest BCUT2D eigenvalue weighted by atomic mass is 10.1. The van der Waals surface area contributed by atoms with Crippen LogP contribution >= 0.6 is 0 Å². The first-order chi connectivity index (χ1) is 14.2. The van der Waals surface area contributed by atoms with Gasteiger partial charge in [0.25, 0.3) is 0 Å². The number of carbonyl (C=O) groups is 1. The molecular formula is C21H22N6O2. The van der Waals surface area contributed by atoms with Gasteiger partial charge in [-0.3, -0.25) is 0 Å². The summed E-state index contributed by atoms with van der Waals surface area (Å²) >= 11 is 0. The standard InChI is InChI=1S/C21H22N6O2/c1-2-29-21(28)26-9-4-5-16(14-26)24-20-7-3-6-18(25-20)17-13-23-27-10-8-15(12-22)11-19(17)27/h3,6-8,10-11,13,16H,2,4-5,9,14H2,1H3,(H,24,25)/t16-/m0/s1. The summed E-state index contributed by atoms with van der Waals surface area (Å²) in [5.74, 6) is 0.744. The molecule has 148 valence electrons. The molecule has 4 rings (SSSR count). The van der Waals surface area contributed by atoms with Crippen LogP contribution in [0.25, 0.3) is 16.8 Å². The number of nitriles is 1. The monoisotopic (exact) mass is 390 g/mol. The van der Waals surface area contributed by atoms with E-state index in [9.17, 15) is 10.1 Å². The third-order valence-electron chi connectivity index (χ3n) is 4.98. The number of carbonyl (C=O) groups excluding carboxylic acids is 1. The molecule has 1 atom stereocenters. The lowest BCUT2D eigenvalue weighted by Gasteiger charge is -2.32. The molecule has 1 saturated heterocycles. The van der Waals surface area contributed by atoms with Crippen molar-refractivity contribution in [2.45, 2.75) is 25.8 Å². The summed E-state index contributed by atoms with van der Waals surface area (Å²) in [6.07, 6.45) is 5.14. The average Bonchev–Trinajstić information content (AvgIpc) is 3.17. The molecule has 0 aromatic carbocycles. The molecule has 1 amide bonds. The van der Waals surface area contributed by atoms with Crippen molar-refractivity contribution in [1.82, 2.24) is 19.5 Å². The predicted molar refractivity (Wildman–Crippen MR) is 108 cm³/mol. The van der Waals surface area contributed by atoms with Crippen molar-refractivity contribution >= 4 is 17.4 Å². The molecule has 8 nitrogen and oxygen atoms in total. The number of amides is 1. The third kappa shape index (κ3) is 3.99. The van der Waals surface area contributed by atoms with Gasteiger partial charge in [-0.15, -0.1) is 0 Å². The van der Waals surface area contributed by atoms with Gasteiger partial charge in [0.2, 0.25) is 0 Å². The Morgan fingerprint density at radius 2 is 2.31 bits per heavy atom. The Morgan fingerprint density at radius 1 is 1.41 bits per heavy atom. The van der Waals surface area contributed by atoms with Gasteiger partial charge in [0.1, 0.15) is 5.82 Å². The maximum absolute atomic E-state index is 12.0. The Kier molecular flexibility index (Phi) is 5.29. The summed E-state index contributed by atoms with van der Waals surface area (Å²) in [6.45, 7) is 3.50. The second-order valence-corrected chi connectivity index (χ2v) is 6.95. The molecule has 1 aliphatic heterocycles. The Hall–Kier alpha value is -3.60. The molecule has 0 unspecified atom stereocenters. The number of likely N-dealkylation sites (tertiary alicyclic amines) is 1. The van der Waals surface area contributed by atoms with E-state index in [1.807, 2.05) is 31.2 Å². The molecule has 29 heavy (non-hydrogen) atoms. The Balaban J connectivity index is 1.54. The topological polar surface area (TPSA) is 95.5 Å². The fourth-order valence-corrected chi connectivity index (χ4v) is 3.60. The van der Waals surface area contributed by atoms with E-state index in [1.54, 1.807) is 27.9 Å². The summed E-state index contributed by atoms with van der Waals surface area (Å²) in [5.41, 5.74) is 3.05. The van der Waals surface area contributed by atoms with Gasteiger partial charge < -0.3 is 15.0 Å². The van der Waals surface area contributed by atoms with Gasteiger partial charge in [0, 0.05) is 30.9 Å². The highest BCUT2D eigenvalue weighted by Crippen LogP contribution is 2.25. The fraction of sp³-hybridized carbons (Fsp3) is 0.333. The number of ether oxygens (including phenoxy) is 1. The first kappa shape index (κ1) is 18.7. The van der Waals surface area contributed by atoms with E-state index in [1.165, 1.54) is 0 Å². The summed E-state index contributed by atoms with van der Waals surface area (Å²) in [4.78, 5) is 18.5. The first-order valence-corrected chi connectivity index (χ1v) is 9.71. The number of fused-ring (bicyclic) bond motifs is 1. The summed E-state index contributed by atoms with van der Waals surface area (Å²) in [7, 11) is 0. The van der Waals surface area contributed by atoms with Gasteiger partial charge >= 0.3 is 6.09 Å². The van der Waals surface area contributed by atoms with Crippen LogP contribution in [0.1, 0.15) is 25.3 Å². The van der Waals surface area contributed by atoms with E-state index in [0.29, 0.717) is 25.3 Å². The SMILES string of the molecule is CCOC(=O)N1CCC[C@H](Nc2cccc(-c3cnn4ccc(C#N)cc34)n2)C1. The third-order valence-corrected chi connectivity index (χ3v) is 4.98. The smallest absolute Gasteiger partial charge is 0.409 e. The number of hydrogen-bond acceptors (Lipinski definition) is 6. The number of anilines is 1. The van der Waals surface area contributed by atoms with E-state index < -0.39 is 0 Å². The van der Waals surface area contributed by atoms with Crippen LogP contribution in [0, 0.1) is 11.3 Å². The van der Waals surface area contributed by atoms with Crippen molar-refractivity contribution in [2.24, 2.45) is 0 Å². The lowest BCUT2D eigenvalue weighted by molar-refractivity contribution is 0.0975. The molecule has 1 aliphatic rings. The zero-order chi connectivity index (χ0) is 20.2. The second kappa shape index (κ2) is 8.19. The highest BCUT2D eigenvalue weighted by atomic mass is 16.6. The molecular weight excluding hydrogens is 368 g/mol.